The van der Waals surface area contributed by atoms with Crippen molar-refractivity contribution in [1.82, 2.24) is 15.0 Å². The van der Waals surface area contributed by atoms with Crippen molar-refractivity contribution < 1.29 is 13.2 Å². The largest absolute Gasteiger partial charge is 0.478 e. The second-order valence-corrected chi connectivity index (χ2v) is 8.08. The van der Waals surface area contributed by atoms with Crippen LogP contribution in [0, 0.1) is 6.92 Å². The molecule has 2 heterocycles. The van der Waals surface area contributed by atoms with Gasteiger partial charge in [0, 0.05) is 16.7 Å². The van der Waals surface area contributed by atoms with Gasteiger partial charge < -0.3 is 4.74 Å². The fourth-order valence-corrected chi connectivity index (χ4v) is 4.02. The van der Waals surface area contributed by atoms with Gasteiger partial charge in [-0.1, -0.05) is 12.1 Å². The number of ether oxygens (including phenoxy) is 1. The lowest BCUT2D eigenvalue weighted by molar-refractivity contribution is 0.397. The van der Waals surface area contributed by atoms with E-state index < -0.39 is 10.0 Å². The zero-order valence-corrected chi connectivity index (χ0v) is 16.6. The normalized spacial score (nSPS) is 11.2. The number of aryl methyl sites for hydroxylation is 1. The zero-order valence-electron chi connectivity index (χ0n) is 15.0. The van der Waals surface area contributed by atoms with E-state index in [1.165, 1.54) is 19.4 Å². The summed E-state index contributed by atoms with van der Waals surface area (Å²) in [6, 6.07) is 10.6. The number of rotatable bonds is 6. The third-order valence-corrected chi connectivity index (χ3v) is 5.82. The maximum absolute atomic E-state index is 13.0. The highest BCUT2D eigenvalue weighted by molar-refractivity contribution is 7.98. The van der Waals surface area contributed by atoms with Gasteiger partial charge in [-0.25, -0.2) is 18.4 Å². The number of aromatic nitrogens is 3. The molecule has 0 saturated carbocycles. The van der Waals surface area contributed by atoms with Crippen molar-refractivity contribution in [2.45, 2.75) is 16.7 Å². The van der Waals surface area contributed by atoms with Gasteiger partial charge in [0.05, 0.1) is 24.7 Å². The molecular weight excluding hydrogens is 384 g/mol. The summed E-state index contributed by atoms with van der Waals surface area (Å²) < 4.78 is 33.6. The number of pyridine rings is 1. The maximum Gasteiger partial charge on any atom is 0.265 e. The minimum atomic E-state index is -3.95. The van der Waals surface area contributed by atoms with Crippen molar-refractivity contribution in [1.29, 1.82) is 0 Å². The molecule has 0 aliphatic carbocycles. The van der Waals surface area contributed by atoms with Gasteiger partial charge in [0.1, 0.15) is 4.90 Å². The quantitative estimate of drug-likeness (QED) is 0.632. The summed E-state index contributed by atoms with van der Waals surface area (Å²) in [5.74, 6) is 0.129. The molecule has 2 aromatic heterocycles. The topological polar surface area (TPSA) is 94.1 Å². The molecule has 140 valence electrons. The number of nitrogens with zero attached hydrogens (tertiary/aromatic N) is 3. The van der Waals surface area contributed by atoms with Crippen molar-refractivity contribution >= 4 is 27.6 Å². The Labute approximate surface area is 162 Å². The van der Waals surface area contributed by atoms with E-state index in [9.17, 15) is 8.42 Å². The Morgan fingerprint density at radius 2 is 1.85 bits per heavy atom. The molecule has 1 N–H and O–H groups in total. The molecule has 3 rings (SSSR count). The van der Waals surface area contributed by atoms with Gasteiger partial charge in [-0.3, -0.25) is 9.71 Å². The van der Waals surface area contributed by atoms with Crippen LogP contribution in [0.25, 0.3) is 11.3 Å². The number of nitrogens with one attached hydrogen (secondary N) is 1. The summed E-state index contributed by atoms with van der Waals surface area (Å²) in [7, 11) is -2.55. The van der Waals surface area contributed by atoms with Gasteiger partial charge in [-0.15, -0.1) is 11.8 Å². The first-order valence-corrected chi connectivity index (χ1v) is 10.7. The highest BCUT2D eigenvalue weighted by Crippen LogP contribution is 2.29. The van der Waals surface area contributed by atoms with Crippen molar-refractivity contribution in [2.24, 2.45) is 0 Å². The Balaban J connectivity index is 2.03. The fourth-order valence-electron chi connectivity index (χ4n) is 2.42. The van der Waals surface area contributed by atoms with Crippen molar-refractivity contribution in [3.05, 3.63) is 54.5 Å². The molecule has 0 spiro atoms. The van der Waals surface area contributed by atoms with Gasteiger partial charge in [-0.2, -0.15) is 0 Å². The van der Waals surface area contributed by atoms with Crippen LogP contribution in [0.15, 0.2) is 58.6 Å². The standard InChI is InChI=1S/C18H18N4O3S2/c1-12-11-20-17(18(21-12)25-2)22-27(23,24)15-5-4-10-19-16(15)13-6-8-14(26-3)9-7-13/h4-11H,1-3H3,(H,20,22). The van der Waals surface area contributed by atoms with Crippen molar-refractivity contribution in [2.75, 3.05) is 18.1 Å². The fraction of sp³-hybridized carbons (Fsp3) is 0.167. The Bertz CT molecular complexity index is 1050. The van der Waals surface area contributed by atoms with Crippen molar-refractivity contribution in [3.8, 4) is 17.1 Å². The van der Waals surface area contributed by atoms with Crippen LogP contribution in [-0.4, -0.2) is 36.7 Å². The molecule has 1 aromatic carbocycles. The highest BCUT2D eigenvalue weighted by Gasteiger charge is 2.23. The summed E-state index contributed by atoms with van der Waals surface area (Å²) in [6.45, 7) is 1.74. The first kappa shape index (κ1) is 19.1. The smallest absolute Gasteiger partial charge is 0.265 e. The van der Waals surface area contributed by atoms with Crippen LogP contribution >= 0.6 is 11.8 Å². The van der Waals surface area contributed by atoms with E-state index in [2.05, 4.69) is 19.7 Å². The molecule has 7 nitrogen and oxygen atoms in total. The predicted molar refractivity (Wildman–Crippen MR) is 106 cm³/mol. The number of hydrogen-bond acceptors (Lipinski definition) is 7. The number of hydrogen-bond donors (Lipinski definition) is 1. The van der Waals surface area contributed by atoms with Crippen LogP contribution < -0.4 is 9.46 Å². The van der Waals surface area contributed by atoms with E-state index >= 15 is 0 Å². The maximum atomic E-state index is 13.0. The van der Waals surface area contributed by atoms with Gasteiger partial charge >= 0.3 is 0 Å². The lowest BCUT2D eigenvalue weighted by Crippen LogP contribution is -2.16. The third kappa shape index (κ3) is 4.20. The Morgan fingerprint density at radius 3 is 2.52 bits per heavy atom. The predicted octanol–water partition coefficient (Wildman–Crippen LogP) is 3.38. The Morgan fingerprint density at radius 1 is 1.11 bits per heavy atom. The molecule has 0 atom stereocenters. The number of thioether (sulfide) groups is 1. The number of methoxy groups -OCH3 is 1. The molecule has 0 amide bonds. The monoisotopic (exact) mass is 402 g/mol. The van der Waals surface area contributed by atoms with Gasteiger partial charge in [0.25, 0.3) is 15.9 Å². The van der Waals surface area contributed by atoms with E-state index in [1.54, 1.807) is 30.9 Å². The summed E-state index contributed by atoms with van der Waals surface area (Å²) in [6.07, 6.45) is 5.00. The molecule has 0 unspecified atom stereocenters. The van der Waals surface area contributed by atoms with Crippen LogP contribution in [-0.2, 0) is 10.0 Å². The molecular formula is C18H18N4O3S2. The molecule has 0 radical (unpaired) electrons. The molecule has 0 aliphatic rings. The minimum absolute atomic E-state index is 0.0237. The third-order valence-electron chi connectivity index (χ3n) is 3.71. The summed E-state index contributed by atoms with van der Waals surface area (Å²) in [5, 5.41) is 0. The molecule has 0 aliphatic heterocycles. The van der Waals surface area contributed by atoms with Crippen LogP contribution in [0.3, 0.4) is 0 Å². The van der Waals surface area contributed by atoms with Crippen LogP contribution in [0.1, 0.15) is 5.69 Å². The van der Waals surface area contributed by atoms with Gasteiger partial charge in [0.2, 0.25) is 5.82 Å². The first-order chi connectivity index (χ1) is 12.9. The lowest BCUT2D eigenvalue weighted by atomic mass is 10.1. The minimum Gasteiger partial charge on any atom is -0.478 e. The Hall–Kier alpha value is -2.65. The van der Waals surface area contributed by atoms with Crippen LogP contribution in [0.5, 0.6) is 5.88 Å². The van der Waals surface area contributed by atoms with E-state index in [0.717, 1.165) is 4.90 Å². The van der Waals surface area contributed by atoms with Gasteiger partial charge in [-0.05, 0) is 37.4 Å². The second kappa shape index (κ2) is 7.93. The summed E-state index contributed by atoms with van der Waals surface area (Å²) >= 11 is 1.61. The highest BCUT2D eigenvalue weighted by atomic mass is 32.2. The van der Waals surface area contributed by atoms with E-state index in [1.807, 2.05) is 30.5 Å². The number of benzene rings is 1. The first-order valence-electron chi connectivity index (χ1n) is 7.94. The lowest BCUT2D eigenvalue weighted by Gasteiger charge is -2.13. The number of anilines is 1. The Kier molecular flexibility index (Phi) is 5.62. The molecule has 3 aromatic rings. The van der Waals surface area contributed by atoms with E-state index in [-0.39, 0.29) is 16.6 Å². The average Bonchev–Trinajstić information content (AvgIpc) is 2.69. The molecule has 27 heavy (non-hydrogen) atoms. The molecule has 0 fully saturated rings. The summed E-state index contributed by atoms with van der Waals surface area (Å²) in [5.41, 5.74) is 1.68. The zero-order chi connectivity index (χ0) is 19.4. The van der Waals surface area contributed by atoms with Crippen LogP contribution in [0.2, 0.25) is 0 Å². The van der Waals surface area contributed by atoms with E-state index in [4.69, 9.17) is 4.74 Å². The summed E-state index contributed by atoms with van der Waals surface area (Å²) in [4.78, 5) is 13.6. The van der Waals surface area contributed by atoms with E-state index in [0.29, 0.717) is 17.0 Å². The van der Waals surface area contributed by atoms with Crippen molar-refractivity contribution in [3.63, 3.8) is 0 Å². The number of sulfonamides is 1. The average molecular weight is 403 g/mol. The molecule has 9 heteroatoms. The van der Waals surface area contributed by atoms with Gasteiger partial charge in [0.15, 0.2) is 0 Å². The van der Waals surface area contributed by atoms with Crippen LogP contribution in [0.4, 0.5) is 5.82 Å². The molecule has 0 saturated heterocycles. The SMILES string of the molecule is COc1nc(C)cnc1NS(=O)(=O)c1cccnc1-c1ccc(SC)cc1. The molecule has 0 bridgehead atoms. The second-order valence-electron chi connectivity index (χ2n) is 5.55.